The molecule has 0 atom stereocenters. The first-order chi connectivity index (χ1) is 9.10. The number of rotatable bonds is 4. The Morgan fingerprint density at radius 2 is 1.74 bits per heavy atom. The van der Waals surface area contributed by atoms with Crippen molar-refractivity contribution < 1.29 is 18.6 Å². The van der Waals surface area contributed by atoms with Crippen molar-refractivity contribution in [3.8, 4) is 5.75 Å². The van der Waals surface area contributed by atoms with Gasteiger partial charge < -0.3 is 9.84 Å². The van der Waals surface area contributed by atoms with Crippen LogP contribution in [0.4, 0.5) is 8.78 Å². The van der Waals surface area contributed by atoms with Crippen molar-refractivity contribution in [1.82, 2.24) is 0 Å². The Morgan fingerprint density at radius 3 is 2.37 bits per heavy atom. The molecule has 19 heavy (non-hydrogen) atoms. The van der Waals surface area contributed by atoms with Gasteiger partial charge in [0.1, 0.15) is 12.4 Å². The zero-order chi connectivity index (χ0) is 13.8. The van der Waals surface area contributed by atoms with Gasteiger partial charge in [0, 0.05) is 0 Å². The zero-order valence-electron chi connectivity index (χ0n) is 9.87. The molecular formula is C14H11BrF2O2. The van der Waals surface area contributed by atoms with Crippen molar-refractivity contribution in [1.29, 1.82) is 0 Å². The van der Waals surface area contributed by atoms with Gasteiger partial charge in [0.25, 0.3) is 0 Å². The van der Waals surface area contributed by atoms with Crippen LogP contribution in [0.3, 0.4) is 0 Å². The number of benzene rings is 2. The summed E-state index contributed by atoms with van der Waals surface area (Å²) in [6.45, 7) is 0.0797. The van der Waals surface area contributed by atoms with E-state index in [-0.39, 0.29) is 13.2 Å². The molecule has 100 valence electrons. The summed E-state index contributed by atoms with van der Waals surface area (Å²) in [5, 5.41) is 8.98. The van der Waals surface area contributed by atoms with E-state index < -0.39 is 11.6 Å². The number of hydrogen-bond acceptors (Lipinski definition) is 2. The van der Waals surface area contributed by atoms with E-state index in [4.69, 9.17) is 9.84 Å². The monoisotopic (exact) mass is 328 g/mol. The molecule has 0 aliphatic rings. The van der Waals surface area contributed by atoms with Gasteiger partial charge in [0.05, 0.1) is 11.1 Å². The minimum Gasteiger partial charge on any atom is -0.488 e. The van der Waals surface area contributed by atoms with Crippen LogP contribution in [-0.2, 0) is 13.2 Å². The molecule has 0 unspecified atom stereocenters. The van der Waals surface area contributed by atoms with Crippen molar-refractivity contribution in [2.75, 3.05) is 0 Å². The van der Waals surface area contributed by atoms with Gasteiger partial charge in [0.2, 0.25) is 0 Å². The van der Waals surface area contributed by atoms with Crippen LogP contribution in [0.2, 0.25) is 0 Å². The van der Waals surface area contributed by atoms with Crippen LogP contribution in [0.15, 0.2) is 40.9 Å². The molecule has 0 heterocycles. The van der Waals surface area contributed by atoms with Crippen LogP contribution in [0, 0.1) is 11.6 Å². The molecule has 0 bridgehead atoms. The topological polar surface area (TPSA) is 29.5 Å². The molecule has 0 aromatic heterocycles. The second-order valence-electron chi connectivity index (χ2n) is 3.96. The Labute approximate surface area is 117 Å². The fourth-order valence-electron chi connectivity index (χ4n) is 1.55. The molecule has 2 aromatic rings. The maximum absolute atomic E-state index is 13.0. The summed E-state index contributed by atoms with van der Waals surface area (Å²) in [5.41, 5.74) is 1.30. The molecule has 1 N–H and O–H groups in total. The van der Waals surface area contributed by atoms with Crippen molar-refractivity contribution in [3.63, 3.8) is 0 Å². The molecule has 2 rings (SSSR count). The summed E-state index contributed by atoms with van der Waals surface area (Å²) in [4.78, 5) is 0. The van der Waals surface area contributed by atoms with Crippen LogP contribution < -0.4 is 4.74 Å². The lowest BCUT2D eigenvalue weighted by atomic mass is 10.2. The normalized spacial score (nSPS) is 10.5. The fraction of sp³-hybridized carbons (Fsp3) is 0.143. The molecule has 0 fully saturated rings. The number of hydrogen-bond donors (Lipinski definition) is 1. The van der Waals surface area contributed by atoms with Crippen LogP contribution in [0.5, 0.6) is 5.75 Å². The van der Waals surface area contributed by atoms with Crippen LogP contribution in [0.25, 0.3) is 0 Å². The van der Waals surface area contributed by atoms with Gasteiger partial charge >= 0.3 is 0 Å². The first-order valence-electron chi connectivity index (χ1n) is 5.56. The molecule has 2 aromatic carbocycles. The van der Waals surface area contributed by atoms with Crippen LogP contribution >= 0.6 is 15.9 Å². The average molecular weight is 329 g/mol. The van der Waals surface area contributed by atoms with Gasteiger partial charge in [0.15, 0.2) is 11.6 Å². The Bertz CT molecular complexity index is 588. The maximum Gasteiger partial charge on any atom is 0.159 e. The van der Waals surface area contributed by atoms with Gasteiger partial charge in [-0.05, 0) is 51.3 Å². The molecule has 0 radical (unpaired) electrons. The lowest BCUT2D eigenvalue weighted by molar-refractivity contribution is 0.280. The standard InChI is InChI=1S/C14H11BrF2O2/c15-11-5-9(7-18)2-4-14(11)19-8-10-1-3-12(16)13(17)6-10/h1-6,18H,7-8H2. The molecule has 0 aliphatic heterocycles. The maximum atomic E-state index is 13.0. The van der Waals surface area contributed by atoms with E-state index >= 15 is 0 Å². The fourth-order valence-corrected chi connectivity index (χ4v) is 2.09. The smallest absolute Gasteiger partial charge is 0.159 e. The van der Waals surface area contributed by atoms with E-state index in [1.54, 1.807) is 18.2 Å². The first-order valence-corrected chi connectivity index (χ1v) is 6.35. The minimum absolute atomic E-state index is 0.0535. The summed E-state index contributed by atoms with van der Waals surface area (Å²) in [5.74, 6) is -1.20. The first kappa shape index (κ1) is 14.0. The van der Waals surface area contributed by atoms with E-state index in [1.165, 1.54) is 6.07 Å². The number of ether oxygens (including phenoxy) is 1. The Balaban J connectivity index is 2.07. The highest BCUT2D eigenvalue weighted by atomic mass is 79.9. The second kappa shape index (κ2) is 6.12. The highest BCUT2D eigenvalue weighted by Crippen LogP contribution is 2.27. The molecule has 2 nitrogen and oxygen atoms in total. The average Bonchev–Trinajstić information content (AvgIpc) is 2.41. The Hall–Kier alpha value is -1.46. The van der Waals surface area contributed by atoms with Gasteiger partial charge in [-0.25, -0.2) is 8.78 Å². The van der Waals surface area contributed by atoms with E-state index in [9.17, 15) is 8.78 Å². The molecule has 0 spiro atoms. The van der Waals surface area contributed by atoms with E-state index in [0.717, 1.165) is 17.7 Å². The van der Waals surface area contributed by atoms with Crippen molar-refractivity contribution in [2.45, 2.75) is 13.2 Å². The largest absolute Gasteiger partial charge is 0.488 e. The van der Waals surface area contributed by atoms with E-state index in [2.05, 4.69) is 15.9 Å². The van der Waals surface area contributed by atoms with Crippen molar-refractivity contribution in [2.24, 2.45) is 0 Å². The van der Waals surface area contributed by atoms with E-state index in [1.807, 2.05) is 0 Å². The minimum atomic E-state index is -0.893. The highest BCUT2D eigenvalue weighted by molar-refractivity contribution is 9.10. The molecule has 0 amide bonds. The summed E-state index contributed by atoms with van der Waals surface area (Å²) in [6.07, 6.45) is 0. The van der Waals surface area contributed by atoms with Gasteiger partial charge in [-0.15, -0.1) is 0 Å². The molecule has 0 saturated heterocycles. The highest BCUT2D eigenvalue weighted by Gasteiger charge is 2.05. The van der Waals surface area contributed by atoms with Gasteiger partial charge in [-0.3, -0.25) is 0 Å². The lowest BCUT2D eigenvalue weighted by Crippen LogP contribution is -1.98. The summed E-state index contributed by atoms with van der Waals surface area (Å²) < 4.78 is 32.0. The van der Waals surface area contributed by atoms with Gasteiger partial charge in [-0.1, -0.05) is 12.1 Å². The molecule has 5 heteroatoms. The Kier molecular flexibility index (Phi) is 4.50. The van der Waals surface area contributed by atoms with Crippen molar-refractivity contribution >= 4 is 15.9 Å². The molecule has 0 saturated carbocycles. The quantitative estimate of drug-likeness (QED) is 0.925. The second-order valence-corrected chi connectivity index (χ2v) is 4.81. The predicted molar refractivity (Wildman–Crippen MR) is 70.8 cm³/mol. The Morgan fingerprint density at radius 1 is 1.00 bits per heavy atom. The summed E-state index contributed by atoms with van der Waals surface area (Å²) in [6, 6.07) is 8.80. The van der Waals surface area contributed by atoms with Crippen molar-refractivity contribution in [3.05, 3.63) is 63.6 Å². The third kappa shape index (κ3) is 3.52. The van der Waals surface area contributed by atoms with Crippen LogP contribution in [-0.4, -0.2) is 5.11 Å². The molecular weight excluding hydrogens is 318 g/mol. The number of halogens is 3. The lowest BCUT2D eigenvalue weighted by Gasteiger charge is -2.09. The SMILES string of the molecule is OCc1ccc(OCc2ccc(F)c(F)c2)c(Br)c1. The van der Waals surface area contributed by atoms with Crippen LogP contribution in [0.1, 0.15) is 11.1 Å². The zero-order valence-corrected chi connectivity index (χ0v) is 11.5. The number of aliphatic hydroxyl groups excluding tert-OH is 1. The predicted octanol–water partition coefficient (Wildman–Crippen LogP) is 3.80. The van der Waals surface area contributed by atoms with E-state index in [0.29, 0.717) is 15.8 Å². The third-order valence-electron chi connectivity index (χ3n) is 2.56. The summed E-state index contributed by atoms with van der Waals surface area (Å²) in [7, 11) is 0. The molecule has 0 aliphatic carbocycles. The number of aliphatic hydroxyl groups is 1. The summed E-state index contributed by atoms with van der Waals surface area (Å²) >= 11 is 3.32. The van der Waals surface area contributed by atoms with Gasteiger partial charge in [-0.2, -0.15) is 0 Å². The third-order valence-corrected chi connectivity index (χ3v) is 3.18.